The zero-order valence-corrected chi connectivity index (χ0v) is 12.7. The van der Waals surface area contributed by atoms with Crippen LogP contribution in [0.25, 0.3) is 10.4 Å². The Labute approximate surface area is 133 Å². The van der Waals surface area contributed by atoms with E-state index in [2.05, 4.69) is 20.3 Å². The highest BCUT2D eigenvalue weighted by molar-refractivity contribution is 5.68. The Morgan fingerprint density at radius 3 is 2.13 bits per heavy atom. The van der Waals surface area contributed by atoms with Crippen molar-refractivity contribution in [2.45, 2.75) is 19.4 Å². The minimum atomic E-state index is -0.967. The van der Waals surface area contributed by atoms with Crippen LogP contribution in [0.4, 0.5) is 16.2 Å². The molecular formula is C16H15N5O2. The summed E-state index contributed by atoms with van der Waals surface area (Å²) < 4.78 is 5.12. The Hall–Kier alpha value is -3.18. The predicted octanol–water partition coefficient (Wildman–Crippen LogP) is 5.78. The normalized spacial score (nSPS) is 11.0. The number of rotatable bonds is 4. The lowest BCUT2D eigenvalue weighted by atomic mass is 9.98. The van der Waals surface area contributed by atoms with Gasteiger partial charge in [0.25, 0.3) is 0 Å². The van der Waals surface area contributed by atoms with Crippen molar-refractivity contribution in [1.82, 2.24) is 0 Å². The molecule has 0 N–H and O–H groups in total. The van der Waals surface area contributed by atoms with Gasteiger partial charge in [-0.05, 0) is 49.2 Å². The van der Waals surface area contributed by atoms with Crippen molar-refractivity contribution in [3.8, 4) is 0 Å². The molecule has 0 aliphatic heterocycles. The van der Waals surface area contributed by atoms with Gasteiger partial charge >= 0.3 is 6.09 Å². The summed E-state index contributed by atoms with van der Waals surface area (Å²) in [7, 11) is 0. The van der Waals surface area contributed by atoms with E-state index in [4.69, 9.17) is 10.3 Å². The van der Waals surface area contributed by atoms with Crippen LogP contribution in [0.15, 0.2) is 69.9 Å². The van der Waals surface area contributed by atoms with Crippen LogP contribution < -0.4 is 0 Å². The first-order valence-electron chi connectivity index (χ1n) is 6.87. The zero-order chi connectivity index (χ0) is 16.7. The smallest absolute Gasteiger partial charge is 0.397 e. The summed E-state index contributed by atoms with van der Waals surface area (Å²) >= 11 is 0. The van der Waals surface area contributed by atoms with Gasteiger partial charge in [0.15, 0.2) is 0 Å². The number of carbonyl (C=O) groups is 1. The van der Waals surface area contributed by atoms with Crippen molar-refractivity contribution in [3.63, 3.8) is 0 Å². The molecule has 0 aromatic heterocycles. The van der Waals surface area contributed by atoms with Gasteiger partial charge in [-0.2, -0.15) is 10.2 Å². The topological polar surface area (TPSA) is 99.8 Å². The average molecular weight is 309 g/mol. The van der Waals surface area contributed by atoms with Gasteiger partial charge in [-0.1, -0.05) is 30.3 Å². The first-order valence-corrected chi connectivity index (χ1v) is 6.87. The largest absolute Gasteiger partial charge is 0.450 e. The van der Waals surface area contributed by atoms with Crippen molar-refractivity contribution < 1.29 is 9.53 Å². The number of hydrogen-bond acceptors (Lipinski definition) is 4. The fourth-order valence-electron chi connectivity index (χ4n) is 1.87. The number of benzene rings is 2. The van der Waals surface area contributed by atoms with Crippen molar-refractivity contribution in [2.24, 2.45) is 15.3 Å². The molecule has 0 fully saturated rings. The van der Waals surface area contributed by atoms with E-state index in [0.29, 0.717) is 5.69 Å². The minimum Gasteiger partial charge on any atom is -0.450 e. The molecule has 0 heterocycles. The molecule has 0 unspecified atom stereocenters. The fraction of sp³-hybridized carbons (Fsp3) is 0.188. The highest BCUT2D eigenvalue weighted by Gasteiger charge is 2.24. The molecule has 2 aromatic carbocycles. The molecular weight excluding hydrogens is 294 g/mol. The van der Waals surface area contributed by atoms with E-state index in [1.165, 1.54) is 0 Å². The average Bonchev–Trinajstić information content (AvgIpc) is 2.54. The predicted molar refractivity (Wildman–Crippen MR) is 85.7 cm³/mol. The van der Waals surface area contributed by atoms with E-state index < -0.39 is 11.7 Å². The lowest BCUT2D eigenvalue weighted by Crippen LogP contribution is -2.23. The second kappa shape index (κ2) is 7.20. The summed E-state index contributed by atoms with van der Waals surface area (Å²) in [6, 6.07) is 16.5. The molecule has 0 spiro atoms. The Bertz CT molecular complexity index is 748. The van der Waals surface area contributed by atoms with E-state index in [1.54, 1.807) is 38.1 Å². The molecule has 0 bridgehead atoms. The van der Waals surface area contributed by atoms with Gasteiger partial charge in [-0.15, -0.1) is 0 Å². The number of hydrogen-bond donors (Lipinski definition) is 0. The van der Waals surface area contributed by atoms with Gasteiger partial charge < -0.3 is 4.74 Å². The Morgan fingerprint density at radius 2 is 1.57 bits per heavy atom. The summed E-state index contributed by atoms with van der Waals surface area (Å²) in [5.41, 5.74) is 9.50. The van der Waals surface area contributed by atoms with Gasteiger partial charge in [0.1, 0.15) is 5.60 Å². The standard InChI is InChI=1S/C16H15N5O2/c1-16(2,23-15(22)20-21-17)12-8-10-14(11-9-12)19-18-13-6-4-3-5-7-13/h3-11H,1-2H3. The summed E-state index contributed by atoms with van der Waals surface area (Å²) in [6.45, 7) is 3.41. The Balaban J connectivity index is 2.11. The molecule has 0 radical (unpaired) electrons. The Kier molecular flexibility index (Phi) is 5.07. The molecule has 2 aromatic rings. The number of amides is 1. The first-order chi connectivity index (χ1) is 11.0. The van der Waals surface area contributed by atoms with Crippen LogP contribution in [0.5, 0.6) is 0 Å². The molecule has 0 aliphatic rings. The number of nitrogens with zero attached hydrogens (tertiary/aromatic N) is 5. The molecule has 7 nitrogen and oxygen atoms in total. The van der Waals surface area contributed by atoms with Crippen molar-refractivity contribution in [3.05, 3.63) is 70.6 Å². The molecule has 0 saturated carbocycles. The van der Waals surface area contributed by atoms with E-state index in [-0.39, 0.29) is 0 Å². The SMILES string of the molecule is CC(C)(OC(=O)N=[N+]=[N-])c1ccc(N=Nc2ccccc2)cc1. The minimum absolute atomic E-state index is 0.676. The zero-order valence-electron chi connectivity index (χ0n) is 12.7. The van der Waals surface area contributed by atoms with E-state index in [0.717, 1.165) is 11.3 Å². The Morgan fingerprint density at radius 1 is 1.00 bits per heavy atom. The highest BCUT2D eigenvalue weighted by atomic mass is 16.6. The van der Waals surface area contributed by atoms with Crippen molar-refractivity contribution >= 4 is 17.5 Å². The van der Waals surface area contributed by atoms with Crippen LogP contribution in [-0.2, 0) is 10.3 Å². The molecule has 0 aliphatic carbocycles. The lowest BCUT2D eigenvalue weighted by Gasteiger charge is -2.24. The lowest BCUT2D eigenvalue weighted by molar-refractivity contribution is 0.0433. The van der Waals surface area contributed by atoms with Crippen LogP contribution >= 0.6 is 0 Å². The van der Waals surface area contributed by atoms with Crippen LogP contribution in [0.3, 0.4) is 0 Å². The summed E-state index contributed by atoms with van der Waals surface area (Å²) in [6.07, 6.45) is -0.967. The number of carbonyl (C=O) groups excluding carboxylic acids is 1. The van der Waals surface area contributed by atoms with E-state index in [9.17, 15) is 4.79 Å². The van der Waals surface area contributed by atoms with Gasteiger partial charge in [0.2, 0.25) is 0 Å². The van der Waals surface area contributed by atoms with Gasteiger partial charge in [-0.25, -0.2) is 4.79 Å². The second-order valence-electron chi connectivity index (χ2n) is 5.15. The third-order valence-corrected chi connectivity index (χ3v) is 3.07. The molecule has 116 valence electrons. The maximum Gasteiger partial charge on any atom is 0.397 e. The number of ether oxygens (including phenoxy) is 1. The van der Waals surface area contributed by atoms with Gasteiger partial charge in [0.05, 0.1) is 11.4 Å². The first kappa shape index (κ1) is 16.2. The maximum atomic E-state index is 11.3. The van der Waals surface area contributed by atoms with Crippen molar-refractivity contribution in [1.29, 1.82) is 0 Å². The highest BCUT2D eigenvalue weighted by Crippen LogP contribution is 2.27. The monoisotopic (exact) mass is 309 g/mol. The molecule has 2 rings (SSSR count). The molecule has 1 amide bonds. The third-order valence-electron chi connectivity index (χ3n) is 3.07. The van der Waals surface area contributed by atoms with Gasteiger partial charge in [-0.3, -0.25) is 0 Å². The second-order valence-corrected chi connectivity index (χ2v) is 5.15. The van der Waals surface area contributed by atoms with Crippen LogP contribution in [0.1, 0.15) is 19.4 Å². The van der Waals surface area contributed by atoms with E-state index >= 15 is 0 Å². The third kappa shape index (κ3) is 4.66. The summed E-state index contributed by atoms with van der Waals surface area (Å²) in [5, 5.41) is 11.2. The molecule has 23 heavy (non-hydrogen) atoms. The number of azide groups is 1. The van der Waals surface area contributed by atoms with Crippen LogP contribution in [-0.4, -0.2) is 6.09 Å². The van der Waals surface area contributed by atoms with E-state index in [1.807, 2.05) is 30.3 Å². The summed E-state index contributed by atoms with van der Waals surface area (Å²) in [4.78, 5) is 13.7. The van der Waals surface area contributed by atoms with Gasteiger partial charge in [0, 0.05) is 10.0 Å². The van der Waals surface area contributed by atoms with Crippen LogP contribution in [0.2, 0.25) is 0 Å². The molecule has 7 heteroatoms. The van der Waals surface area contributed by atoms with Crippen molar-refractivity contribution in [2.75, 3.05) is 0 Å². The fourth-order valence-corrected chi connectivity index (χ4v) is 1.87. The summed E-state index contributed by atoms with van der Waals surface area (Å²) in [5.74, 6) is 0. The number of azo groups is 1. The molecule has 0 atom stereocenters. The molecule has 0 saturated heterocycles. The maximum absolute atomic E-state index is 11.3. The quantitative estimate of drug-likeness (QED) is 0.406. The van der Waals surface area contributed by atoms with Crippen LogP contribution in [0, 0.1) is 0 Å².